The van der Waals surface area contributed by atoms with Crippen LogP contribution in [0.15, 0.2) is 18.3 Å². The van der Waals surface area contributed by atoms with Crippen LogP contribution in [0, 0.1) is 0 Å². The van der Waals surface area contributed by atoms with Gasteiger partial charge in [-0.15, -0.1) is 11.3 Å². The summed E-state index contributed by atoms with van der Waals surface area (Å²) < 4.78 is 5.80. The van der Waals surface area contributed by atoms with E-state index in [0.717, 1.165) is 4.70 Å². The normalized spacial score (nSPS) is 10.5. The van der Waals surface area contributed by atoms with Gasteiger partial charge in [-0.1, -0.05) is 0 Å². The minimum atomic E-state index is -0.377. The molecule has 0 aromatic carbocycles. The second-order valence-electron chi connectivity index (χ2n) is 2.92. The SMILES string of the molecule is CCOC(=O)c1sc2cccnc2c1N. The van der Waals surface area contributed by atoms with E-state index in [2.05, 4.69) is 4.98 Å². The number of anilines is 1. The fourth-order valence-corrected chi connectivity index (χ4v) is 2.27. The molecule has 0 unspecified atom stereocenters. The quantitative estimate of drug-likeness (QED) is 0.790. The Bertz CT molecular complexity index is 507. The van der Waals surface area contributed by atoms with Gasteiger partial charge in [-0.25, -0.2) is 4.79 Å². The molecule has 0 saturated carbocycles. The average molecular weight is 222 g/mol. The van der Waals surface area contributed by atoms with Crippen molar-refractivity contribution in [2.75, 3.05) is 12.3 Å². The molecule has 2 heterocycles. The monoisotopic (exact) mass is 222 g/mol. The molecular formula is C10H10N2O2S. The maximum Gasteiger partial charge on any atom is 0.350 e. The molecule has 0 atom stereocenters. The molecule has 0 aliphatic rings. The van der Waals surface area contributed by atoms with Crippen LogP contribution in [-0.2, 0) is 4.74 Å². The van der Waals surface area contributed by atoms with E-state index < -0.39 is 0 Å². The van der Waals surface area contributed by atoms with Crippen molar-refractivity contribution in [2.45, 2.75) is 6.92 Å². The van der Waals surface area contributed by atoms with E-state index in [9.17, 15) is 4.79 Å². The van der Waals surface area contributed by atoms with Crippen LogP contribution in [0.4, 0.5) is 5.69 Å². The molecule has 0 saturated heterocycles. The molecule has 0 aliphatic heterocycles. The number of carbonyl (C=O) groups is 1. The molecule has 15 heavy (non-hydrogen) atoms. The third kappa shape index (κ3) is 1.66. The standard InChI is InChI=1S/C10H10N2O2S/c1-2-14-10(13)9-7(11)8-6(15-9)4-3-5-12-8/h3-5H,2,11H2,1H3. The number of nitrogens with two attached hydrogens (primary N) is 1. The van der Waals surface area contributed by atoms with Crippen molar-refractivity contribution in [3.05, 3.63) is 23.2 Å². The van der Waals surface area contributed by atoms with Gasteiger partial charge in [0.1, 0.15) is 10.4 Å². The summed E-state index contributed by atoms with van der Waals surface area (Å²) in [4.78, 5) is 16.1. The molecule has 0 bridgehead atoms. The Morgan fingerprint density at radius 2 is 2.47 bits per heavy atom. The lowest BCUT2D eigenvalue weighted by molar-refractivity contribution is 0.0533. The number of thiophene rings is 1. The fourth-order valence-electron chi connectivity index (χ4n) is 1.30. The number of carbonyl (C=O) groups excluding carboxylic acids is 1. The highest BCUT2D eigenvalue weighted by Gasteiger charge is 2.17. The summed E-state index contributed by atoms with van der Waals surface area (Å²) in [5.74, 6) is -0.377. The second kappa shape index (κ2) is 3.86. The zero-order valence-electron chi connectivity index (χ0n) is 8.19. The first-order chi connectivity index (χ1) is 7.24. The Labute approximate surface area is 90.7 Å². The minimum absolute atomic E-state index is 0.347. The summed E-state index contributed by atoms with van der Waals surface area (Å²) in [6.45, 7) is 2.11. The lowest BCUT2D eigenvalue weighted by Gasteiger charge is -1.98. The van der Waals surface area contributed by atoms with E-state index in [1.165, 1.54) is 11.3 Å². The van der Waals surface area contributed by atoms with E-state index in [1.54, 1.807) is 13.1 Å². The van der Waals surface area contributed by atoms with E-state index in [-0.39, 0.29) is 5.97 Å². The van der Waals surface area contributed by atoms with Crippen molar-refractivity contribution in [2.24, 2.45) is 0 Å². The zero-order chi connectivity index (χ0) is 10.8. The Kier molecular flexibility index (Phi) is 2.55. The molecule has 0 fully saturated rings. The number of esters is 1. The third-order valence-electron chi connectivity index (χ3n) is 1.94. The number of nitrogen functional groups attached to an aromatic ring is 1. The van der Waals surface area contributed by atoms with E-state index >= 15 is 0 Å². The molecule has 2 aromatic heterocycles. The van der Waals surface area contributed by atoms with Gasteiger partial charge in [-0.2, -0.15) is 0 Å². The van der Waals surface area contributed by atoms with Gasteiger partial charge >= 0.3 is 5.97 Å². The summed E-state index contributed by atoms with van der Waals surface area (Å²) in [5.41, 5.74) is 6.90. The number of nitrogens with zero attached hydrogens (tertiary/aromatic N) is 1. The number of fused-ring (bicyclic) bond motifs is 1. The van der Waals surface area contributed by atoms with Crippen molar-refractivity contribution in [3.63, 3.8) is 0 Å². The molecule has 0 spiro atoms. The molecule has 0 aliphatic carbocycles. The van der Waals surface area contributed by atoms with Gasteiger partial charge in [0, 0.05) is 6.20 Å². The second-order valence-corrected chi connectivity index (χ2v) is 3.97. The largest absolute Gasteiger partial charge is 0.462 e. The van der Waals surface area contributed by atoms with Crippen LogP contribution in [0.5, 0.6) is 0 Å². The molecule has 0 radical (unpaired) electrons. The molecule has 2 aromatic rings. The number of rotatable bonds is 2. The molecule has 78 valence electrons. The highest BCUT2D eigenvalue weighted by molar-refractivity contribution is 7.21. The van der Waals surface area contributed by atoms with Crippen molar-refractivity contribution < 1.29 is 9.53 Å². The predicted molar refractivity (Wildman–Crippen MR) is 60.0 cm³/mol. The highest BCUT2D eigenvalue weighted by Crippen LogP contribution is 2.32. The van der Waals surface area contributed by atoms with E-state index in [4.69, 9.17) is 10.5 Å². The summed E-state index contributed by atoms with van der Waals surface area (Å²) in [6.07, 6.45) is 1.65. The van der Waals surface area contributed by atoms with Crippen LogP contribution in [0.2, 0.25) is 0 Å². The van der Waals surface area contributed by atoms with Gasteiger partial charge in [-0.05, 0) is 19.1 Å². The average Bonchev–Trinajstić information content (AvgIpc) is 2.57. The number of pyridine rings is 1. The Morgan fingerprint density at radius 1 is 1.67 bits per heavy atom. The molecular weight excluding hydrogens is 212 g/mol. The Morgan fingerprint density at radius 3 is 3.13 bits per heavy atom. The lowest BCUT2D eigenvalue weighted by atomic mass is 10.3. The fraction of sp³-hybridized carbons (Fsp3) is 0.200. The summed E-state index contributed by atoms with van der Waals surface area (Å²) >= 11 is 1.31. The summed E-state index contributed by atoms with van der Waals surface area (Å²) in [7, 11) is 0. The van der Waals surface area contributed by atoms with E-state index in [1.807, 2.05) is 12.1 Å². The third-order valence-corrected chi connectivity index (χ3v) is 3.08. The first-order valence-corrected chi connectivity index (χ1v) is 5.35. The molecule has 2 N–H and O–H groups in total. The van der Waals surface area contributed by atoms with Gasteiger partial charge in [0.25, 0.3) is 0 Å². The number of ether oxygens (including phenoxy) is 1. The van der Waals surface area contributed by atoms with Crippen LogP contribution >= 0.6 is 11.3 Å². The van der Waals surface area contributed by atoms with Crippen molar-refractivity contribution in [1.82, 2.24) is 4.98 Å². The number of hydrogen-bond donors (Lipinski definition) is 1. The van der Waals surface area contributed by atoms with E-state index in [0.29, 0.717) is 22.7 Å². The van der Waals surface area contributed by atoms with Crippen LogP contribution in [0.3, 0.4) is 0 Å². The first-order valence-electron chi connectivity index (χ1n) is 4.54. The predicted octanol–water partition coefficient (Wildman–Crippen LogP) is 2.06. The number of aromatic nitrogens is 1. The van der Waals surface area contributed by atoms with Crippen molar-refractivity contribution >= 4 is 33.2 Å². The van der Waals surface area contributed by atoms with Gasteiger partial charge < -0.3 is 10.5 Å². The topological polar surface area (TPSA) is 65.2 Å². The maximum atomic E-state index is 11.5. The van der Waals surface area contributed by atoms with Gasteiger partial charge in [0.2, 0.25) is 0 Å². The molecule has 4 nitrogen and oxygen atoms in total. The van der Waals surface area contributed by atoms with Crippen LogP contribution in [-0.4, -0.2) is 17.6 Å². The minimum Gasteiger partial charge on any atom is -0.462 e. The zero-order valence-corrected chi connectivity index (χ0v) is 9.00. The smallest absolute Gasteiger partial charge is 0.350 e. The molecule has 2 rings (SSSR count). The van der Waals surface area contributed by atoms with Gasteiger partial charge in [0.05, 0.1) is 17.0 Å². The summed E-state index contributed by atoms with van der Waals surface area (Å²) in [6, 6.07) is 3.69. The van der Waals surface area contributed by atoms with Crippen molar-refractivity contribution in [1.29, 1.82) is 0 Å². The Balaban J connectivity index is 2.53. The van der Waals surface area contributed by atoms with Crippen LogP contribution < -0.4 is 5.73 Å². The van der Waals surface area contributed by atoms with Gasteiger partial charge in [0.15, 0.2) is 0 Å². The van der Waals surface area contributed by atoms with Crippen LogP contribution in [0.1, 0.15) is 16.6 Å². The first kappa shape index (κ1) is 9.92. The van der Waals surface area contributed by atoms with Crippen LogP contribution in [0.25, 0.3) is 10.2 Å². The summed E-state index contributed by atoms with van der Waals surface area (Å²) in [5, 5.41) is 0. The van der Waals surface area contributed by atoms with Gasteiger partial charge in [-0.3, -0.25) is 4.98 Å². The molecule has 0 amide bonds. The lowest BCUT2D eigenvalue weighted by Crippen LogP contribution is -2.04. The highest BCUT2D eigenvalue weighted by atomic mass is 32.1. The van der Waals surface area contributed by atoms with Crippen molar-refractivity contribution in [3.8, 4) is 0 Å². The number of hydrogen-bond acceptors (Lipinski definition) is 5. The maximum absolute atomic E-state index is 11.5. The molecule has 5 heteroatoms. The Hall–Kier alpha value is -1.62.